The minimum Gasteiger partial charge on any atom is -0.377 e. The zero-order valence-electron chi connectivity index (χ0n) is 13.2. The fourth-order valence-corrected chi connectivity index (χ4v) is 4.43. The summed E-state index contributed by atoms with van der Waals surface area (Å²) in [6, 6.07) is 9.13. The van der Waals surface area contributed by atoms with Gasteiger partial charge in [0.2, 0.25) is 0 Å². The van der Waals surface area contributed by atoms with Gasteiger partial charge in [-0.15, -0.1) is 0 Å². The summed E-state index contributed by atoms with van der Waals surface area (Å²) in [5.41, 5.74) is 1.47. The summed E-state index contributed by atoms with van der Waals surface area (Å²) in [7, 11) is 0. The van der Waals surface area contributed by atoms with Crippen molar-refractivity contribution in [1.29, 1.82) is 0 Å². The van der Waals surface area contributed by atoms with E-state index in [-0.39, 0.29) is 5.41 Å². The Bertz CT molecular complexity index is 502. The molecule has 1 aliphatic heterocycles. The smallest absolute Gasteiger partial charge is 0.0684 e. The monoisotopic (exact) mass is 307 g/mol. The Morgan fingerprint density at radius 3 is 2.90 bits per heavy atom. The lowest BCUT2D eigenvalue weighted by molar-refractivity contribution is -0.194. The van der Waals surface area contributed by atoms with Crippen LogP contribution in [0.1, 0.15) is 39.2 Å². The molecule has 3 heteroatoms. The van der Waals surface area contributed by atoms with Gasteiger partial charge in [-0.2, -0.15) is 0 Å². The van der Waals surface area contributed by atoms with Crippen LogP contribution in [0, 0.1) is 11.3 Å². The molecule has 1 N–H and O–H groups in total. The second-order valence-electron chi connectivity index (χ2n) is 7.26. The van der Waals surface area contributed by atoms with Gasteiger partial charge in [-0.1, -0.05) is 43.6 Å². The van der Waals surface area contributed by atoms with Gasteiger partial charge in [0.25, 0.3) is 0 Å². The number of hydrogen-bond donors (Lipinski definition) is 1. The molecule has 0 bridgehead atoms. The number of ether oxygens (including phenoxy) is 1. The first-order valence-corrected chi connectivity index (χ1v) is 8.49. The highest BCUT2D eigenvalue weighted by atomic mass is 35.5. The average Bonchev–Trinajstić information content (AvgIpc) is 2.47. The van der Waals surface area contributed by atoms with Gasteiger partial charge in [0.15, 0.2) is 0 Å². The molecule has 1 aromatic carbocycles. The Kier molecular flexibility index (Phi) is 4.31. The normalized spacial score (nSPS) is 32.1. The van der Waals surface area contributed by atoms with Crippen molar-refractivity contribution >= 4 is 11.6 Å². The summed E-state index contributed by atoms with van der Waals surface area (Å²) in [4.78, 5) is 0. The van der Waals surface area contributed by atoms with Crippen molar-refractivity contribution in [3.8, 4) is 0 Å². The maximum atomic E-state index is 6.27. The van der Waals surface area contributed by atoms with Crippen molar-refractivity contribution in [2.75, 3.05) is 6.61 Å². The van der Waals surface area contributed by atoms with E-state index >= 15 is 0 Å². The zero-order valence-corrected chi connectivity index (χ0v) is 14.0. The Labute approximate surface area is 133 Å². The van der Waals surface area contributed by atoms with Crippen LogP contribution in [0.3, 0.4) is 0 Å². The highest BCUT2D eigenvalue weighted by Gasteiger charge is 2.57. The average molecular weight is 308 g/mol. The SMILES string of the molecule is CC(Cc1ccccc1Cl)NC1C2CCCOC2C1(C)C. The first-order chi connectivity index (χ1) is 10.00. The van der Waals surface area contributed by atoms with E-state index in [9.17, 15) is 0 Å². The minimum atomic E-state index is 0.236. The van der Waals surface area contributed by atoms with Crippen LogP contribution in [0.25, 0.3) is 0 Å². The molecule has 1 saturated heterocycles. The summed E-state index contributed by atoms with van der Waals surface area (Å²) in [6.07, 6.45) is 3.92. The molecule has 1 aliphatic carbocycles. The molecular weight excluding hydrogens is 282 g/mol. The summed E-state index contributed by atoms with van der Waals surface area (Å²) in [5, 5.41) is 4.72. The number of nitrogens with one attached hydrogen (secondary N) is 1. The largest absolute Gasteiger partial charge is 0.377 e. The number of halogens is 1. The van der Waals surface area contributed by atoms with Gasteiger partial charge in [-0.05, 0) is 37.8 Å². The van der Waals surface area contributed by atoms with Crippen LogP contribution in [-0.4, -0.2) is 24.8 Å². The lowest BCUT2D eigenvalue weighted by Gasteiger charge is -2.60. The van der Waals surface area contributed by atoms with E-state index in [1.165, 1.54) is 18.4 Å². The molecule has 2 fully saturated rings. The van der Waals surface area contributed by atoms with E-state index in [1.54, 1.807) is 0 Å². The van der Waals surface area contributed by atoms with E-state index < -0.39 is 0 Å². The third-order valence-electron chi connectivity index (χ3n) is 5.28. The van der Waals surface area contributed by atoms with Crippen LogP contribution < -0.4 is 5.32 Å². The molecule has 0 spiro atoms. The summed E-state index contributed by atoms with van der Waals surface area (Å²) in [6.45, 7) is 7.86. The molecular formula is C18H26ClNO. The first kappa shape index (κ1) is 15.3. The van der Waals surface area contributed by atoms with Crippen molar-refractivity contribution in [2.45, 2.75) is 58.2 Å². The maximum Gasteiger partial charge on any atom is 0.0684 e. The van der Waals surface area contributed by atoms with Crippen molar-refractivity contribution in [2.24, 2.45) is 11.3 Å². The fourth-order valence-electron chi connectivity index (χ4n) is 4.22. The van der Waals surface area contributed by atoms with Crippen molar-refractivity contribution in [3.63, 3.8) is 0 Å². The standard InChI is InChI=1S/C18H26ClNO/c1-12(11-13-7-4-5-9-15(13)19)20-16-14-8-6-10-21-17(14)18(16,2)3/h4-5,7,9,12,14,16-17,20H,6,8,10-11H2,1-3H3. The van der Waals surface area contributed by atoms with Crippen molar-refractivity contribution in [3.05, 3.63) is 34.9 Å². The summed E-state index contributed by atoms with van der Waals surface area (Å²) in [5.74, 6) is 0.683. The molecule has 116 valence electrons. The minimum absolute atomic E-state index is 0.236. The molecule has 2 aliphatic rings. The molecule has 4 atom stereocenters. The quantitative estimate of drug-likeness (QED) is 0.905. The number of hydrogen-bond acceptors (Lipinski definition) is 2. The molecule has 3 rings (SSSR count). The van der Waals surface area contributed by atoms with Gasteiger partial charge >= 0.3 is 0 Å². The second-order valence-corrected chi connectivity index (χ2v) is 7.67. The van der Waals surface area contributed by atoms with Crippen LogP contribution in [0.5, 0.6) is 0 Å². The lowest BCUT2D eigenvalue weighted by atomic mass is 9.55. The molecule has 1 aromatic rings. The fraction of sp³-hybridized carbons (Fsp3) is 0.667. The third-order valence-corrected chi connectivity index (χ3v) is 5.65. The van der Waals surface area contributed by atoms with Crippen LogP contribution >= 0.6 is 11.6 Å². The van der Waals surface area contributed by atoms with E-state index in [2.05, 4.69) is 38.2 Å². The predicted octanol–water partition coefficient (Wildman–Crippen LogP) is 4.06. The number of rotatable bonds is 4. The van der Waals surface area contributed by atoms with Gasteiger partial charge in [0, 0.05) is 35.0 Å². The molecule has 0 aromatic heterocycles. The molecule has 4 unspecified atom stereocenters. The highest BCUT2D eigenvalue weighted by Crippen LogP contribution is 2.51. The Hall–Kier alpha value is -0.570. The molecule has 1 heterocycles. The first-order valence-electron chi connectivity index (χ1n) is 8.11. The summed E-state index contributed by atoms with van der Waals surface area (Å²) >= 11 is 6.27. The Morgan fingerprint density at radius 2 is 2.14 bits per heavy atom. The van der Waals surface area contributed by atoms with E-state index in [0.29, 0.717) is 24.1 Å². The third kappa shape index (κ3) is 2.86. The number of fused-ring (bicyclic) bond motifs is 1. The Balaban J connectivity index is 1.62. The van der Waals surface area contributed by atoms with Gasteiger partial charge in [-0.3, -0.25) is 0 Å². The van der Waals surface area contributed by atoms with Crippen LogP contribution in [0.2, 0.25) is 5.02 Å². The lowest BCUT2D eigenvalue weighted by Crippen LogP contribution is -2.70. The van der Waals surface area contributed by atoms with Crippen molar-refractivity contribution in [1.82, 2.24) is 5.32 Å². The highest BCUT2D eigenvalue weighted by molar-refractivity contribution is 6.31. The van der Waals surface area contributed by atoms with E-state index in [4.69, 9.17) is 16.3 Å². The zero-order chi connectivity index (χ0) is 15.0. The number of benzene rings is 1. The van der Waals surface area contributed by atoms with Crippen LogP contribution in [0.4, 0.5) is 0 Å². The van der Waals surface area contributed by atoms with E-state index in [0.717, 1.165) is 18.1 Å². The van der Waals surface area contributed by atoms with Gasteiger partial charge in [0.05, 0.1) is 6.10 Å². The van der Waals surface area contributed by atoms with Gasteiger partial charge < -0.3 is 10.1 Å². The van der Waals surface area contributed by atoms with E-state index in [1.807, 2.05) is 12.1 Å². The second kappa shape index (κ2) is 5.91. The van der Waals surface area contributed by atoms with Gasteiger partial charge in [-0.25, -0.2) is 0 Å². The molecule has 21 heavy (non-hydrogen) atoms. The Morgan fingerprint density at radius 1 is 1.38 bits per heavy atom. The molecule has 2 nitrogen and oxygen atoms in total. The molecule has 0 radical (unpaired) electrons. The van der Waals surface area contributed by atoms with Crippen LogP contribution in [-0.2, 0) is 11.2 Å². The van der Waals surface area contributed by atoms with Gasteiger partial charge in [0.1, 0.15) is 0 Å². The van der Waals surface area contributed by atoms with Crippen molar-refractivity contribution < 1.29 is 4.74 Å². The topological polar surface area (TPSA) is 21.3 Å². The summed E-state index contributed by atoms with van der Waals surface area (Å²) < 4.78 is 5.98. The molecule has 1 saturated carbocycles. The maximum absolute atomic E-state index is 6.27. The predicted molar refractivity (Wildman–Crippen MR) is 87.8 cm³/mol. The van der Waals surface area contributed by atoms with Crippen LogP contribution in [0.15, 0.2) is 24.3 Å². The molecule has 0 amide bonds.